The van der Waals surface area contributed by atoms with Gasteiger partial charge >= 0.3 is 0 Å². The quantitative estimate of drug-likeness (QED) is 0.679. The van der Waals surface area contributed by atoms with Gasteiger partial charge in [0.2, 0.25) is 0 Å². The van der Waals surface area contributed by atoms with Crippen LogP contribution in [0.3, 0.4) is 0 Å². The van der Waals surface area contributed by atoms with E-state index in [0.717, 1.165) is 25.9 Å². The lowest BCUT2D eigenvalue weighted by atomic mass is 9.99. The number of hydrogen-bond acceptors (Lipinski definition) is 3. The standard InChI is InChI=1S/C12H28N2O/c1-6-8-14(11(2,3)10-13)9-7-12(4,5)15/h15H,6-10,13H2,1-5H3. The number of aliphatic hydroxyl groups is 1. The summed E-state index contributed by atoms with van der Waals surface area (Å²) in [7, 11) is 0. The van der Waals surface area contributed by atoms with E-state index in [2.05, 4.69) is 25.7 Å². The summed E-state index contributed by atoms with van der Waals surface area (Å²) in [5.74, 6) is 0. The smallest absolute Gasteiger partial charge is 0.0603 e. The predicted molar refractivity (Wildman–Crippen MR) is 65.9 cm³/mol. The number of nitrogens with two attached hydrogens (primary N) is 1. The third-order valence-corrected chi connectivity index (χ3v) is 2.84. The Morgan fingerprint density at radius 3 is 2.00 bits per heavy atom. The van der Waals surface area contributed by atoms with Gasteiger partial charge in [0.1, 0.15) is 0 Å². The van der Waals surface area contributed by atoms with Gasteiger partial charge in [-0.2, -0.15) is 0 Å². The van der Waals surface area contributed by atoms with Crippen LogP contribution in [0.25, 0.3) is 0 Å². The van der Waals surface area contributed by atoms with E-state index in [1.165, 1.54) is 0 Å². The summed E-state index contributed by atoms with van der Waals surface area (Å²) >= 11 is 0. The molecule has 0 atom stereocenters. The zero-order valence-corrected chi connectivity index (χ0v) is 11.0. The van der Waals surface area contributed by atoms with Gasteiger partial charge in [-0.05, 0) is 47.1 Å². The highest BCUT2D eigenvalue weighted by molar-refractivity contribution is 4.83. The number of hydrogen-bond donors (Lipinski definition) is 2. The van der Waals surface area contributed by atoms with E-state index in [0.29, 0.717) is 6.54 Å². The Bertz CT molecular complexity index is 173. The Morgan fingerprint density at radius 2 is 1.67 bits per heavy atom. The van der Waals surface area contributed by atoms with Crippen molar-refractivity contribution in [2.24, 2.45) is 5.73 Å². The largest absolute Gasteiger partial charge is 0.390 e. The Hall–Kier alpha value is -0.120. The molecule has 0 rings (SSSR count). The molecule has 3 heteroatoms. The van der Waals surface area contributed by atoms with Gasteiger partial charge in [0.05, 0.1) is 5.60 Å². The lowest BCUT2D eigenvalue weighted by Crippen LogP contribution is -2.50. The SMILES string of the molecule is CCCN(CCC(C)(C)O)C(C)(C)CN. The summed E-state index contributed by atoms with van der Waals surface area (Å²) < 4.78 is 0. The van der Waals surface area contributed by atoms with Crippen LogP contribution >= 0.6 is 0 Å². The van der Waals surface area contributed by atoms with E-state index in [1.807, 2.05) is 13.8 Å². The van der Waals surface area contributed by atoms with Crippen LogP contribution < -0.4 is 5.73 Å². The summed E-state index contributed by atoms with van der Waals surface area (Å²) in [5.41, 5.74) is 5.22. The fraction of sp³-hybridized carbons (Fsp3) is 1.00. The van der Waals surface area contributed by atoms with Gasteiger partial charge in [-0.25, -0.2) is 0 Å². The van der Waals surface area contributed by atoms with E-state index in [-0.39, 0.29) is 5.54 Å². The first-order chi connectivity index (χ1) is 6.73. The number of rotatable bonds is 7. The summed E-state index contributed by atoms with van der Waals surface area (Å²) in [6.07, 6.45) is 1.91. The molecule has 0 radical (unpaired) electrons. The summed E-state index contributed by atoms with van der Waals surface area (Å²) in [6.45, 7) is 12.8. The van der Waals surface area contributed by atoms with Crippen molar-refractivity contribution in [2.75, 3.05) is 19.6 Å². The van der Waals surface area contributed by atoms with Crippen LogP contribution in [0.15, 0.2) is 0 Å². The minimum Gasteiger partial charge on any atom is -0.390 e. The fourth-order valence-corrected chi connectivity index (χ4v) is 1.52. The lowest BCUT2D eigenvalue weighted by Gasteiger charge is -2.38. The molecule has 0 bridgehead atoms. The molecule has 0 heterocycles. The van der Waals surface area contributed by atoms with Crippen LogP contribution in [-0.4, -0.2) is 40.8 Å². The van der Waals surface area contributed by atoms with Crippen molar-refractivity contribution in [1.82, 2.24) is 4.90 Å². The molecule has 0 saturated heterocycles. The van der Waals surface area contributed by atoms with E-state index in [9.17, 15) is 5.11 Å². The second-order valence-corrected chi connectivity index (χ2v) is 5.57. The Kier molecular flexibility index (Phi) is 5.78. The normalized spacial score (nSPS) is 13.6. The van der Waals surface area contributed by atoms with Crippen LogP contribution in [0, 0.1) is 0 Å². The lowest BCUT2D eigenvalue weighted by molar-refractivity contribution is 0.0385. The molecule has 0 aromatic carbocycles. The second kappa shape index (κ2) is 5.83. The molecule has 15 heavy (non-hydrogen) atoms. The van der Waals surface area contributed by atoms with Crippen molar-refractivity contribution >= 4 is 0 Å². The van der Waals surface area contributed by atoms with Crippen LogP contribution in [0.5, 0.6) is 0 Å². The fourth-order valence-electron chi connectivity index (χ4n) is 1.52. The average molecular weight is 216 g/mol. The first-order valence-corrected chi connectivity index (χ1v) is 5.90. The zero-order chi connectivity index (χ0) is 12.1. The molecule has 0 aromatic heterocycles. The number of nitrogens with zero attached hydrogens (tertiary/aromatic N) is 1. The molecule has 0 aromatic rings. The monoisotopic (exact) mass is 216 g/mol. The maximum Gasteiger partial charge on any atom is 0.0603 e. The first-order valence-electron chi connectivity index (χ1n) is 5.90. The van der Waals surface area contributed by atoms with Crippen molar-refractivity contribution in [3.63, 3.8) is 0 Å². The highest BCUT2D eigenvalue weighted by Crippen LogP contribution is 2.17. The minimum atomic E-state index is -0.587. The maximum atomic E-state index is 9.72. The molecule has 3 nitrogen and oxygen atoms in total. The van der Waals surface area contributed by atoms with E-state index >= 15 is 0 Å². The molecule has 3 N–H and O–H groups in total. The highest BCUT2D eigenvalue weighted by atomic mass is 16.3. The van der Waals surface area contributed by atoms with Gasteiger partial charge in [0, 0.05) is 18.6 Å². The molecule has 0 aliphatic carbocycles. The van der Waals surface area contributed by atoms with Crippen LogP contribution in [0.4, 0.5) is 0 Å². The molecular weight excluding hydrogens is 188 g/mol. The molecule has 0 aliphatic heterocycles. The van der Waals surface area contributed by atoms with Crippen LogP contribution in [0.1, 0.15) is 47.5 Å². The average Bonchev–Trinajstić information content (AvgIpc) is 2.10. The Labute approximate surface area is 94.6 Å². The third kappa shape index (κ3) is 6.13. The molecule has 0 spiro atoms. The van der Waals surface area contributed by atoms with Crippen molar-refractivity contribution in [2.45, 2.75) is 58.6 Å². The predicted octanol–water partition coefficient (Wildman–Crippen LogP) is 1.60. The Morgan fingerprint density at radius 1 is 1.13 bits per heavy atom. The van der Waals surface area contributed by atoms with Gasteiger partial charge in [-0.15, -0.1) is 0 Å². The van der Waals surface area contributed by atoms with Gasteiger partial charge in [0.15, 0.2) is 0 Å². The zero-order valence-electron chi connectivity index (χ0n) is 11.0. The van der Waals surface area contributed by atoms with Gasteiger partial charge in [0.25, 0.3) is 0 Å². The van der Waals surface area contributed by atoms with Crippen LogP contribution in [0.2, 0.25) is 0 Å². The topological polar surface area (TPSA) is 49.5 Å². The van der Waals surface area contributed by atoms with Gasteiger partial charge in [-0.1, -0.05) is 6.92 Å². The molecule has 0 unspecified atom stereocenters. The summed E-state index contributed by atoms with van der Waals surface area (Å²) in [5, 5.41) is 9.72. The van der Waals surface area contributed by atoms with E-state index in [1.54, 1.807) is 0 Å². The second-order valence-electron chi connectivity index (χ2n) is 5.57. The van der Waals surface area contributed by atoms with Crippen molar-refractivity contribution in [3.05, 3.63) is 0 Å². The van der Waals surface area contributed by atoms with E-state index in [4.69, 9.17) is 5.73 Å². The van der Waals surface area contributed by atoms with Crippen molar-refractivity contribution in [1.29, 1.82) is 0 Å². The van der Waals surface area contributed by atoms with Crippen LogP contribution in [-0.2, 0) is 0 Å². The van der Waals surface area contributed by atoms with Crippen molar-refractivity contribution < 1.29 is 5.11 Å². The molecule has 92 valence electrons. The molecule has 0 amide bonds. The van der Waals surface area contributed by atoms with Crippen molar-refractivity contribution in [3.8, 4) is 0 Å². The first kappa shape index (κ1) is 14.9. The molecular formula is C12H28N2O. The Balaban J connectivity index is 4.28. The highest BCUT2D eigenvalue weighted by Gasteiger charge is 2.25. The maximum absolute atomic E-state index is 9.72. The minimum absolute atomic E-state index is 0.0290. The van der Waals surface area contributed by atoms with E-state index < -0.39 is 5.60 Å². The molecule has 0 aliphatic rings. The van der Waals surface area contributed by atoms with Gasteiger partial charge < -0.3 is 10.8 Å². The third-order valence-electron chi connectivity index (χ3n) is 2.84. The molecule has 0 fully saturated rings. The summed E-state index contributed by atoms with van der Waals surface area (Å²) in [6, 6.07) is 0. The molecule has 0 saturated carbocycles. The summed E-state index contributed by atoms with van der Waals surface area (Å²) in [4.78, 5) is 2.37. The van der Waals surface area contributed by atoms with Gasteiger partial charge in [-0.3, -0.25) is 4.90 Å².